The molecule has 3 aromatic rings. The van der Waals surface area contributed by atoms with Gasteiger partial charge in [-0.2, -0.15) is 0 Å². The number of fused-ring (bicyclic) bond motifs is 2. The molecule has 0 bridgehead atoms. The van der Waals surface area contributed by atoms with Crippen molar-refractivity contribution in [1.29, 1.82) is 0 Å². The van der Waals surface area contributed by atoms with Gasteiger partial charge >= 0.3 is 0 Å². The van der Waals surface area contributed by atoms with Gasteiger partial charge in [-0.1, -0.05) is 59.1 Å². The minimum absolute atomic E-state index is 0.236. The van der Waals surface area contributed by atoms with Gasteiger partial charge in [-0.25, -0.2) is 0 Å². The minimum Gasteiger partial charge on any atom is -0.322 e. The number of amides is 3. The molecule has 0 radical (unpaired) electrons. The first-order chi connectivity index (χ1) is 14.6. The lowest BCUT2D eigenvalue weighted by molar-refractivity contribution is -0.115. The highest BCUT2D eigenvalue weighted by Gasteiger charge is 2.36. The zero-order chi connectivity index (χ0) is 22.5. The maximum atomic E-state index is 13.6. The van der Waals surface area contributed by atoms with Gasteiger partial charge in [0.05, 0.1) is 5.56 Å². The van der Waals surface area contributed by atoms with Crippen molar-refractivity contribution in [3.63, 3.8) is 0 Å². The van der Waals surface area contributed by atoms with E-state index in [0.29, 0.717) is 34.1 Å². The predicted octanol–water partition coefficient (Wildman–Crippen LogP) is 4.46. The van der Waals surface area contributed by atoms with Crippen LogP contribution in [0.25, 0.3) is 21.5 Å². The Kier molecular flexibility index (Phi) is 5.60. The van der Waals surface area contributed by atoms with E-state index in [0.717, 1.165) is 10.8 Å². The van der Waals surface area contributed by atoms with Gasteiger partial charge in [-0.05, 0) is 43.1 Å². The quantitative estimate of drug-likeness (QED) is 0.341. The summed E-state index contributed by atoms with van der Waals surface area (Å²) in [6, 6.07) is 12.4. The summed E-state index contributed by atoms with van der Waals surface area (Å²) in [7, 11) is 3.74. The van der Waals surface area contributed by atoms with Crippen LogP contribution in [0.1, 0.15) is 20.7 Å². The number of alkyl halides is 3. The Bertz CT molecular complexity index is 1250. The Hall–Kier alpha value is -2.38. The van der Waals surface area contributed by atoms with Crippen LogP contribution in [-0.2, 0) is 4.79 Å². The van der Waals surface area contributed by atoms with E-state index in [-0.39, 0.29) is 12.5 Å². The molecule has 0 spiro atoms. The Morgan fingerprint density at radius 2 is 1.65 bits per heavy atom. The van der Waals surface area contributed by atoms with Crippen LogP contribution in [0.3, 0.4) is 0 Å². The van der Waals surface area contributed by atoms with Crippen molar-refractivity contribution < 1.29 is 14.4 Å². The molecule has 0 atom stereocenters. The highest BCUT2D eigenvalue weighted by Crippen LogP contribution is 2.39. The average molecular weight is 479 g/mol. The van der Waals surface area contributed by atoms with Crippen molar-refractivity contribution in [3.05, 3.63) is 53.6 Å². The van der Waals surface area contributed by atoms with Crippen molar-refractivity contribution in [3.8, 4) is 0 Å². The fourth-order valence-electron chi connectivity index (χ4n) is 3.80. The molecule has 0 fully saturated rings. The van der Waals surface area contributed by atoms with Gasteiger partial charge < -0.3 is 10.2 Å². The second-order valence-electron chi connectivity index (χ2n) is 7.58. The average Bonchev–Trinajstić information content (AvgIpc) is 2.69. The lowest BCUT2D eigenvalue weighted by Crippen LogP contribution is -2.43. The molecule has 1 N–H and O–H groups in total. The Morgan fingerprint density at radius 3 is 2.29 bits per heavy atom. The Balaban J connectivity index is 1.99. The number of hydrogen-bond acceptors (Lipinski definition) is 4. The summed E-state index contributed by atoms with van der Waals surface area (Å²) in [6.07, 6.45) is 0. The van der Waals surface area contributed by atoms with Gasteiger partial charge in [-0.3, -0.25) is 19.3 Å². The number of nitrogens with one attached hydrogen (secondary N) is 1. The van der Waals surface area contributed by atoms with Gasteiger partial charge in [0.2, 0.25) is 0 Å². The summed E-state index contributed by atoms with van der Waals surface area (Å²) in [5, 5.41) is 5.14. The molecule has 0 unspecified atom stereocenters. The fraction of sp³-hybridized carbons (Fsp3) is 0.227. The number of halogens is 3. The summed E-state index contributed by atoms with van der Waals surface area (Å²) in [4.78, 5) is 42.2. The fourth-order valence-corrected chi connectivity index (χ4v) is 3.94. The topological polar surface area (TPSA) is 69.7 Å². The van der Waals surface area contributed by atoms with E-state index in [1.165, 1.54) is 4.90 Å². The molecule has 3 amide bonds. The second-order valence-corrected chi connectivity index (χ2v) is 9.86. The third-order valence-corrected chi connectivity index (χ3v) is 5.73. The van der Waals surface area contributed by atoms with Crippen molar-refractivity contribution >= 4 is 79.8 Å². The molecular formula is C22H18Cl3N3O3. The van der Waals surface area contributed by atoms with Gasteiger partial charge in [-0.15, -0.1) is 0 Å². The number of benzene rings is 3. The summed E-state index contributed by atoms with van der Waals surface area (Å²) < 4.78 is -2.17. The molecule has 0 aromatic heterocycles. The second kappa shape index (κ2) is 7.95. The number of rotatable bonds is 4. The van der Waals surface area contributed by atoms with Gasteiger partial charge in [0.1, 0.15) is 0 Å². The predicted molar refractivity (Wildman–Crippen MR) is 124 cm³/mol. The molecule has 3 aromatic carbocycles. The monoisotopic (exact) mass is 477 g/mol. The number of carbonyl (C=O) groups excluding carboxylic acids is 3. The third kappa shape index (κ3) is 3.85. The molecule has 160 valence electrons. The molecule has 1 aliphatic rings. The molecule has 6 nitrogen and oxygen atoms in total. The Labute approximate surface area is 193 Å². The molecule has 1 aliphatic heterocycles. The van der Waals surface area contributed by atoms with E-state index in [9.17, 15) is 14.4 Å². The molecule has 0 aliphatic carbocycles. The molecule has 9 heteroatoms. The highest BCUT2D eigenvalue weighted by molar-refractivity contribution is 6.76. The van der Waals surface area contributed by atoms with E-state index in [1.807, 2.05) is 37.2 Å². The number of nitrogens with zero attached hydrogens (tertiary/aromatic N) is 2. The lowest BCUT2D eigenvalue weighted by atomic mass is 9.89. The lowest BCUT2D eigenvalue weighted by Gasteiger charge is -2.29. The molecule has 31 heavy (non-hydrogen) atoms. The molecule has 4 rings (SSSR count). The highest BCUT2D eigenvalue weighted by atomic mass is 35.6. The largest absolute Gasteiger partial charge is 0.322 e. The maximum absolute atomic E-state index is 13.6. The summed E-state index contributed by atoms with van der Waals surface area (Å²) in [6.45, 7) is 0.754. The SMILES string of the molecule is CN(C)CCN1C(=O)c2cccc3cc4cccc(NC(=O)C(Cl)(Cl)Cl)c4c(c23)C1=O. The number of likely N-dealkylation sites (N-methyl/N-ethyl adjacent to an activating group) is 1. The van der Waals surface area contributed by atoms with Crippen LogP contribution in [0.4, 0.5) is 5.69 Å². The first-order valence-corrected chi connectivity index (χ1v) is 10.6. The zero-order valence-corrected chi connectivity index (χ0v) is 19.0. The number of anilines is 1. The number of imide groups is 1. The number of hydrogen-bond donors (Lipinski definition) is 1. The van der Waals surface area contributed by atoms with Gasteiger partial charge in [0, 0.05) is 35.1 Å². The number of carbonyl (C=O) groups is 3. The van der Waals surface area contributed by atoms with Crippen LogP contribution in [0.5, 0.6) is 0 Å². The van der Waals surface area contributed by atoms with Crippen LogP contribution in [0.2, 0.25) is 0 Å². The Morgan fingerprint density at radius 1 is 1.00 bits per heavy atom. The third-order valence-electron chi connectivity index (χ3n) is 5.22. The summed E-state index contributed by atoms with van der Waals surface area (Å²) >= 11 is 17.2. The molecular weight excluding hydrogens is 461 g/mol. The molecule has 0 saturated carbocycles. The van der Waals surface area contributed by atoms with Crippen molar-refractivity contribution in [2.45, 2.75) is 3.79 Å². The van der Waals surface area contributed by atoms with Gasteiger partial charge in [0.15, 0.2) is 0 Å². The van der Waals surface area contributed by atoms with Crippen molar-refractivity contribution in [2.24, 2.45) is 0 Å². The smallest absolute Gasteiger partial charge is 0.276 e. The first-order valence-electron chi connectivity index (χ1n) is 9.47. The summed E-state index contributed by atoms with van der Waals surface area (Å²) in [5.41, 5.74) is 1.12. The first kappa shape index (κ1) is 21.8. The van der Waals surface area contributed by atoms with E-state index in [2.05, 4.69) is 5.32 Å². The maximum Gasteiger partial charge on any atom is 0.276 e. The van der Waals surface area contributed by atoms with Crippen LogP contribution in [-0.4, -0.2) is 58.5 Å². The normalized spacial score (nSPS) is 14.1. The van der Waals surface area contributed by atoms with Crippen LogP contribution in [0.15, 0.2) is 42.5 Å². The van der Waals surface area contributed by atoms with E-state index in [4.69, 9.17) is 34.8 Å². The van der Waals surface area contributed by atoms with Crippen molar-refractivity contribution in [1.82, 2.24) is 9.80 Å². The van der Waals surface area contributed by atoms with Crippen LogP contribution < -0.4 is 5.32 Å². The van der Waals surface area contributed by atoms with E-state index >= 15 is 0 Å². The van der Waals surface area contributed by atoms with Crippen LogP contribution >= 0.6 is 34.8 Å². The zero-order valence-electron chi connectivity index (χ0n) is 16.7. The van der Waals surface area contributed by atoms with E-state index < -0.39 is 15.6 Å². The standard InChI is InChI=1S/C22H18Cl3N3O3/c1-27(2)9-10-28-19(29)14-7-3-5-12-11-13-6-4-8-15(26-21(31)22(23,24)25)17(13)18(16(12)14)20(28)30/h3-8,11H,9-10H2,1-2H3,(H,26,31). The van der Waals surface area contributed by atoms with Crippen LogP contribution in [0, 0.1) is 0 Å². The van der Waals surface area contributed by atoms with Gasteiger partial charge in [0.25, 0.3) is 21.5 Å². The molecule has 0 saturated heterocycles. The minimum atomic E-state index is -2.17. The van der Waals surface area contributed by atoms with E-state index in [1.54, 1.807) is 24.3 Å². The van der Waals surface area contributed by atoms with Crippen molar-refractivity contribution in [2.75, 3.05) is 32.5 Å². The summed E-state index contributed by atoms with van der Waals surface area (Å²) in [5.74, 6) is -1.60. The molecule has 1 heterocycles.